The molecule has 3 nitrogen and oxygen atoms in total. The number of hydrogen-bond donors (Lipinski definition) is 1. The number of aromatic nitrogens is 2. The topological polar surface area (TPSA) is 37.9 Å². The fourth-order valence-corrected chi connectivity index (χ4v) is 3.56. The van der Waals surface area contributed by atoms with Gasteiger partial charge in [-0.25, -0.2) is 9.37 Å². The number of nitrogens with one attached hydrogen (secondary N) is 1. The number of nitrogens with zero attached hydrogens (tertiary/aromatic N) is 1. The van der Waals surface area contributed by atoms with E-state index in [4.69, 9.17) is 4.74 Å². The molecule has 4 rings (SSSR count). The fraction of sp³-hybridized carbons (Fsp3) is 0.125. The molecule has 1 aromatic heterocycles. The Kier molecular flexibility index (Phi) is 6.06. The van der Waals surface area contributed by atoms with Crippen LogP contribution in [0, 0.1) is 12.7 Å². The summed E-state index contributed by atoms with van der Waals surface area (Å²) in [7, 11) is 0. The molecule has 1 heterocycles. The van der Waals surface area contributed by atoms with Crippen LogP contribution < -0.4 is 4.74 Å². The number of hydrogen-bond acceptors (Lipinski definition) is 2. The lowest BCUT2D eigenvalue weighted by Gasteiger charge is -2.11. The van der Waals surface area contributed by atoms with Gasteiger partial charge in [-0.05, 0) is 55.0 Å². The average Bonchev–Trinajstić information content (AvgIpc) is 3.24. The van der Waals surface area contributed by atoms with Crippen molar-refractivity contribution in [1.82, 2.24) is 9.97 Å². The Hall–Kier alpha value is -3.13. The fourth-order valence-electron chi connectivity index (χ4n) is 3.23. The first-order chi connectivity index (χ1) is 15.2. The van der Waals surface area contributed by atoms with Gasteiger partial charge in [-0.15, -0.1) is 0 Å². The molecule has 164 valence electrons. The number of rotatable bonds is 5. The van der Waals surface area contributed by atoms with Gasteiger partial charge in [0.25, 0.3) is 0 Å². The van der Waals surface area contributed by atoms with Crippen molar-refractivity contribution < 1.29 is 22.3 Å². The summed E-state index contributed by atoms with van der Waals surface area (Å²) in [6.07, 6.45) is -2.78. The first-order valence-corrected chi connectivity index (χ1v) is 10.4. The van der Waals surface area contributed by atoms with Crippen molar-refractivity contribution in [3.05, 3.63) is 93.8 Å². The highest BCUT2D eigenvalue weighted by atomic mass is 79.9. The molecule has 1 N–H and O–H groups in total. The van der Waals surface area contributed by atoms with E-state index in [0.29, 0.717) is 32.9 Å². The zero-order chi connectivity index (χ0) is 22.9. The van der Waals surface area contributed by atoms with E-state index in [1.165, 1.54) is 12.1 Å². The molecule has 0 saturated heterocycles. The van der Waals surface area contributed by atoms with E-state index < -0.39 is 11.7 Å². The maximum absolute atomic E-state index is 14.0. The van der Waals surface area contributed by atoms with E-state index in [1.54, 1.807) is 36.5 Å². The highest BCUT2D eigenvalue weighted by molar-refractivity contribution is 9.10. The molecule has 0 spiro atoms. The Morgan fingerprint density at radius 3 is 2.53 bits per heavy atom. The molecule has 32 heavy (non-hydrogen) atoms. The summed E-state index contributed by atoms with van der Waals surface area (Å²) >= 11 is 3.22. The van der Waals surface area contributed by atoms with Crippen LogP contribution in [0.5, 0.6) is 5.75 Å². The van der Waals surface area contributed by atoms with Gasteiger partial charge in [0.15, 0.2) is 0 Å². The van der Waals surface area contributed by atoms with Crippen molar-refractivity contribution >= 4 is 15.9 Å². The molecule has 0 aliphatic carbocycles. The normalized spacial score (nSPS) is 11.6. The lowest BCUT2D eigenvalue weighted by molar-refractivity contribution is -0.137. The molecular formula is C24H17BrF4N2O. The number of benzene rings is 3. The predicted octanol–water partition coefficient (Wildman–Crippen LogP) is 7.55. The zero-order valence-corrected chi connectivity index (χ0v) is 18.4. The molecule has 0 bridgehead atoms. The van der Waals surface area contributed by atoms with Crippen molar-refractivity contribution in [2.45, 2.75) is 19.7 Å². The number of aryl methyl sites for hydroxylation is 1. The number of imidazole rings is 1. The van der Waals surface area contributed by atoms with Gasteiger partial charge in [0.2, 0.25) is 0 Å². The average molecular weight is 505 g/mol. The molecule has 0 unspecified atom stereocenters. The van der Waals surface area contributed by atoms with Crippen LogP contribution in [0.2, 0.25) is 0 Å². The predicted molar refractivity (Wildman–Crippen MR) is 118 cm³/mol. The minimum absolute atomic E-state index is 0.0847. The summed E-state index contributed by atoms with van der Waals surface area (Å²) in [6, 6.07) is 15.2. The van der Waals surface area contributed by atoms with Gasteiger partial charge in [0.1, 0.15) is 24.0 Å². The molecule has 0 aliphatic heterocycles. The van der Waals surface area contributed by atoms with E-state index in [9.17, 15) is 17.6 Å². The van der Waals surface area contributed by atoms with Gasteiger partial charge in [0.05, 0.1) is 11.3 Å². The Morgan fingerprint density at radius 2 is 1.81 bits per heavy atom. The number of ether oxygens (including phenoxy) is 1. The lowest BCUT2D eigenvalue weighted by atomic mass is 10.1. The summed E-state index contributed by atoms with van der Waals surface area (Å²) in [5.41, 5.74) is 2.25. The summed E-state index contributed by atoms with van der Waals surface area (Å²) in [5.74, 6) is 0.590. The Labute approximate surface area is 190 Å². The van der Waals surface area contributed by atoms with Crippen LogP contribution >= 0.6 is 15.9 Å². The number of H-pyrrole nitrogens is 1. The molecule has 8 heteroatoms. The van der Waals surface area contributed by atoms with Gasteiger partial charge >= 0.3 is 6.18 Å². The number of aromatic amines is 1. The first-order valence-electron chi connectivity index (χ1n) is 9.61. The summed E-state index contributed by atoms with van der Waals surface area (Å²) in [5, 5.41) is 0. The standard InChI is InChI=1S/C24H17BrF4N2O/c1-14-9-15(6-8-22(14)32-13-17-5-7-19(25)11-20(17)26)21-12-30-23(31-21)16-3-2-4-18(10-16)24(27,28)29/h2-12H,13H2,1H3,(H,30,31). The van der Waals surface area contributed by atoms with E-state index >= 15 is 0 Å². The van der Waals surface area contributed by atoms with Crippen molar-refractivity contribution in [2.75, 3.05) is 0 Å². The van der Waals surface area contributed by atoms with E-state index in [1.807, 2.05) is 13.0 Å². The molecule has 0 aliphatic rings. The van der Waals surface area contributed by atoms with Crippen molar-refractivity contribution in [1.29, 1.82) is 0 Å². The molecule has 0 radical (unpaired) electrons. The highest BCUT2D eigenvalue weighted by Crippen LogP contribution is 2.32. The highest BCUT2D eigenvalue weighted by Gasteiger charge is 2.30. The van der Waals surface area contributed by atoms with Crippen molar-refractivity contribution in [3.8, 4) is 28.4 Å². The molecular weight excluding hydrogens is 488 g/mol. The van der Waals surface area contributed by atoms with Crippen LogP contribution in [-0.2, 0) is 12.8 Å². The Morgan fingerprint density at radius 1 is 1.00 bits per heavy atom. The lowest BCUT2D eigenvalue weighted by Crippen LogP contribution is -2.04. The molecule has 0 saturated carbocycles. The second-order valence-corrected chi connectivity index (χ2v) is 8.13. The quantitative estimate of drug-likeness (QED) is 0.285. The van der Waals surface area contributed by atoms with Crippen molar-refractivity contribution in [3.63, 3.8) is 0 Å². The maximum atomic E-state index is 14.0. The molecule has 3 aromatic carbocycles. The third-order valence-electron chi connectivity index (χ3n) is 4.91. The second-order valence-electron chi connectivity index (χ2n) is 7.22. The molecule has 0 atom stereocenters. The SMILES string of the molecule is Cc1cc(-c2c[nH]c(-c3cccc(C(F)(F)F)c3)n2)ccc1OCc1ccc(Br)cc1F. The van der Waals surface area contributed by atoms with Crippen LogP contribution in [0.15, 0.2) is 71.3 Å². The number of halogens is 5. The van der Waals surface area contributed by atoms with Gasteiger partial charge in [-0.2, -0.15) is 13.2 Å². The minimum Gasteiger partial charge on any atom is -0.489 e. The maximum Gasteiger partial charge on any atom is 0.416 e. The number of alkyl halides is 3. The monoisotopic (exact) mass is 504 g/mol. The van der Waals surface area contributed by atoms with Crippen LogP contribution in [-0.4, -0.2) is 9.97 Å². The smallest absolute Gasteiger partial charge is 0.416 e. The Balaban J connectivity index is 1.52. The van der Waals surface area contributed by atoms with Crippen molar-refractivity contribution in [2.24, 2.45) is 0 Å². The minimum atomic E-state index is -4.42. The summed E-state index contributed by atoms with van der Waals surface area (Å²) < 4.78 is 59.4. The molecule has 0 fully saturated rings. The third kappa shape index (κ3) is 4.85. The van der Waals surface area contributed by atoms with Crippen LogP contribution in [0.3, 0.4) is 0 Å². The second kappa shape index (κ2) is 8.78. The zero-order valence-electron chi connectivity index (χ0n) is 16.8. The van der Waals surface area contributed by atoms with Crippen LogP contribution in [0.4, 0.5) is 17.6 Å². The Bertz CT molecular complexity index is 1270. The third-order valence-corrected chi connectivity index (χ3v) is 5.40. The van der Waals surface area contributed by atoms with Crippen LogP contribution in [0.25, 0.3) is 22.6 Å². The van der Waals surface area contributed by atoms with Gasteiger partial charge in [-0.3, -0.25) is 0 Å². The summed E-state index contributed by atoms with van der Waals surface area (Å²) in [6.45, 7) is 1.94. The van der Waals surface area contributed by atoms with E-state index in [-0.39, 0.29) is 12.4 Å². The first kappa shape index (κ1) is 22.1. The molecule has 4 aromatic rings. The summed E-state index contributed by atoms with van der Waals surface area (Å²) in [4.78, 5) is 7.38. The van der Waals surface area contributed by atoms with Gasteiger partial charge < -0.3 is 9.72 Å². The van der Waals surface area contributed by atoms with E-state index in [0.717, 1.165) is 23.3 Å². The largest absolute Gasteiger partial charge is 0.489 e. The van der Waals surface area contributed by atoms with E-state index in [2.05, 4.69) is 25.9 Å². The van der Waals surface area contributed by atoms with Gasteiger partial charge in [0, 0.05) is 27.4 Å². The molecule has 0 amide bonds. The van der Waals surface area contributed by atoms with Crippen LogP contribution in [0.1, 0.15) is 16.7 Å². The van der Waals surface area contributed by atoms with Gasteiger partial charge in [-0.1, -0.05) is 34.1 Å².